The summed E-state index contributed by atoms with van der Waals surface area (Å²) in [4.78, 5) is 4.40. The van der Waals surface area contributed by atoms with E-state index in [1.165, 1.54) is 0 Å². The number of benzene rings is 1. The van der Waals surface area contributed by atoms with Gasteiger partial charge < -0.3 is 15.8 Å². The highest BCUT2D eigenvalue weighted by Crippen LogP contribution is 2.31. The van der Waals surface area contributed by atoms with Crippen molar-refractivity contribution in [3.05, 3.63) is 50.6 Å². The molecular weight excluding hydrogens is 477 g/mol. The average molecular weight is 494 g/mol. The molecule has 3 rings (SSSR count). The van der Waals surface area contributed by atoms with Crippen LogP contribution >= 0.6 is 51.2 Å². The molecule has 1 aliphatic rings. The van der Waals surface area contributed by atoms with Crippen LogP contribution in [0.25, 0.3) is 0 Å². The van der Waals surface area contributed by atoms with Crippen molar-refractivity contribution in [1.29, 1.82) is 0 Å². The zero-order chi connectivity index (χ0) is 14.7. The zero-order valence-electron chi connectivity index (χ0n) is 11.8. The first-order chi connectivity index (χ1) is 10.2. The Morgan fingerprint density at radius 3 is 3.05 bits per heavy atom. The van der Waals surface area contributed by atoms with Gasteiger partial charge in [-0.1, -0.05) is 18.2 Å². The van der Waals surface area contributed by atoms with Crippen LogP contribution in [-0.4, -0.2) is 12.6 Å². The van der Waals surface area contributed by atoms with Crippen LogP contribution in [0.1, 0.15) is 23.6 Å². The number of aliphatic imine (C=N–C) groups is 1. The summed E-state index contributed by atoms with van der Waals surface area (Å²) >= 11 is 5.10. The molecule has 1 unspecified atom stereocenters. The van der Waals surface area contributed by atoms with Crippen LogP contribution in [0.4, 0.5) is 0 Å². The summed E-state index contributed by atoms with van der Waals surface area (Å²) in [6.07, 6.45) is 0.886. The Bertz CT molecular complexity index is 662. The molecule has 2 aromatic rings. The number of hydrogen-bond acceptors (Lipinski definition) is 3. The monoisotopic (exact) mass is 493 g/mol. The third kappa shape index (κ3) is 4.36. The Hall–Kier alpha value is -0.800. The summed E-state index contributed by atoms with van der Waals surface area (Å²) in [6, 6.07) is 10.3. The van der Waals surface area contributed by atoms with E-state index in [1.807, 2.05) is 18.2 Å². The van der Waals surface area contributed by atoms with Gasteiger partial charge in [-0.3, -0.25) is 0 Å². The molecule has 4 nitrogen and oxygen atoms in total. The fourth-order valence-electron chi connectivity index (χ4n) is 2.32. The summed E-state index contributed by atoms with van der Waals surface area (Å²) in [5, 5.41) is 5.37. The number of nitrogens with one attached hydrogen (secondary N) is 1. The van der Waals surface area contributed by atoms with Gasteiger partial charge in [0.25, 0.3) is 0 Å². The van der Waals surface area contributed by atoms with Crippen molar-refractivity contribution in [3.8, 4) is 5.75 Å². The summed E-state index contributed by atoms with van der Waals surface area (Å²) in [7, 11) is 0. The number of guanidine groups is 1. The number of nitrogens with two attached hydrogens (primary N) is 1. The first-order valence-corrected chi connectivity index (χ1v) is 8.41. The van der Waals surface area contributed by atoms with Crippen molar-refractivity contribution in [2.24, 2.45) is 10.7 Å². The van der Waals surface area contributed by atoms with Gasteiger partial charge in [0, 0.05) is 12.0 Å². The number of ether oxygens (including phenoxy) is 1. The van der Waals surface area contributed by atoms with E-state index in [4.69, 9.17) is 10.5 Å². The van der Waals surface area contributed by atoms with Crippen LogP contribution in [0, 0.1) is 0 Å². The van der Waals surface area contributed by atoms with E-state index >= 15 is 0 Å². The number of halogens is 2. The Kier molecular flexibility index (Phi) is 6.51. The quantitative estimate of drug-likeness (QED) is 0.385. The molecule has 1 aliphatic heterocycles. The fraction of sp³-hybridized carbons (Fsp3) is 0.267. The van der Waals surface area contributed by atoms with E-state index in [-0.39, 0.29) is 30.0 Å². The highest BCUT2D eigenvalue weighted by molar-refractivity contribution is 14.0. The van der Waals surface area contributed by atoms with E-state index < -0.39 is 0 Å². The van der Waals surface area contributed by atoms with Gasteiger partial charge in [0.05, 0.1) is 23.0 Å². The Morgan fingerprint density at radius 1 is 1.45 bits per heavy atom. The van der Waals surface area contributed by atoms with Gasteiger partial charge in [0.2, 0.25) is 0 Å². The van der Waals surface area contributed by atoms with E-state index in [0.717, 1.165) is 27.1 Å². The highest BCUT2D eigenvalue weighted by atomic mass is 127. The molecule has 7 heteroatoms. The third-order valence-electron chi connectivity index (χ3n) is 3.33. The second-order valence-corrected chi connectivity index (χ2v) is 7.12. The molecule has 1 aromatic carbocycles. The molecule has 3 N–H and O–H groups in total. The summed E-state index contributed by atoms with van der Waals surface area (Å²) in [5.74, 6) is 1.40. The second kappa shape index (κ2) is 8.16. The van der Waals surface area contributed by atoms with Crippen LogP contribution in [0.2, 0.25) is 0 Å². The molecule has 118 valence electrons. The predicted molar refractivity (Wildman–Crippen MR) is 105 cm³/mol. The molecule has 22 heavy (non-hydrogen) atoms. The van der Waals surface area contributed by atoms with Crippen molar-refractivity contribution >= 4 is 57.2 Å². The van der Waals surface area contributed by atoms with Gasteiger partial charge in [0.15, 0.2) is 5.96 Å². The number of fused-ring (bicyclic) bond motifs is 1. The number of para-hydroxylation sites is 1. The first-order valence-electron chi connectivity index (χ1n) is 6.73. The molecule has 0 saturated carbocycles. The highest BCUT2D eigenvalue weighted by Gasteiger charge is 2.21. The smallest absolute Gasteiger partial charge is 0.189 e. The van der Waals surface area contributed by atoms with Crippen LogP contribution in [0.5, 0.6) is 5.75 Å². The lowest BCUT2D eigenvalue weighted by Gasteiger charge is -2.26. The molecule has 2 heterocycles. The molecule has 0 saturated heterocycles. The van der Waals surface area contributed by atoms with Crippen molar-refractivity contribution < 1.29 is 4.74 Å². The largest absolute Gasteiger partial charge is 0.493 e. The first kappa shape index (κ1) is 17.6. The summed E-state index contributed by atoms with van der Waals surface area (Å²) in [6.45, 7) is 1.28. The molecule has 0 amide bonds. The maximum atomic E-state index is 6.01. The van der Waals surface area contributed by atoms with Gasteiger partial charge in [-0.05, 0) is 39.0 Å². The minimum absolute atomic E-state index is 0. The third-order valence-corrected chi connectivity index (χ3v) is 4.89. The summed E-state index contributed by atoms with van der Waals surface area (Å²) < 4.78 is 6.75. The van der Waals surface area contributed by atoms with Gasteiger partial charge >= 0.3 is 0 Å². The SMILES string of the molecule is I.NC(=NCc1csc(Br)c1)NC1CCOc2ccccc21. The Balaban J connectivity index is 0.00000176. The van der Waals surface area contributed by atoms with Crippen LogP contribution in [0.15, 0.2) is 44.5 Å². The molecule has 0 spiro atoms. The van der Waals surface area contributed by atoms with Crippen molar-refractivity contribution in [1.82, 2.24) is 5.32 Å². The van der Waals surface area contributed by atoms with Crippen LogP contribution < -0.4 is 15.8 Å². The van der Waals surface area contributed by atoms with E-state index in [0.29, 0.717) is 19.1 Å². The molecule has 0 radical (unpaired) electrons. The maximum absolute atomic E-state index is 6.01. The van der Waals surface area contributed by atoms with E-state index in [9.17, 15) is 0 Å². The molecular formula is C15H17BrIN3OS. The lowest BCUT2D eigenvalue weighted by Crippen LogP contribution is -2.37. The Morgan fingerprint density at radius 2 is 2.27 bits per heavy atom. The number of rotatable bonds is 3. The number of nitrogens with zero attached hydrogens (tertiary/aromatic N) is 1. The van der Waals surface area contributed by atoms with Crippen LogP contribution in [-0.2, 0) is 6.54 Å². The van der Waals surface area contributed by atoms with Crippen molar-refractivity contribution in [2.75, 3.05) is 6.61 Å². The molecule has 1 atom stereocenters. The normalized spacial score (nSPS) is 17.1. The maximum Gasteiger partial charge on any atom is 0.189 e. The lowest BCUT2D eigenvalue weighted by molar-refractivity contribution is 0.262. The fourth-order valence-corrected chi connectivity index (χ4v) is 3.52. The lowest BCUT2D eigenvalue weighted by atomic mass is 10.0. The topological polar surface area (TPSA) is 59.6 Å². The van der Waals surface area contributed by atoms with Gasteiger partial charge in [0.1, 0.15) is 5.75 Å². The molecule has 0 aliphatic carbocycles. The van der Waals surface area contributed by atoms with Crippen molar-refractivity contribution in [3.63, 3.8) is 0 Å². The molecule has 1 aromatic heterocycles. The van der Waals surface area contributed by atoms with Crippen LogP contribution in [0.3, 0.4) is 0 Å². The zero-order valence-corrected chi connectivity index (χ0v) is 16.5. The second-order valence-electron chi connectivity index (χ2n) is 4.83. The number of hydrogen-bond donors (Lipinski definition) is 2. The minimum atomic E-state index is 0. The average Bonchev–Trinajstić information content (AvgIpc) is 2.91. The standard InChI is InChI=1S/C15H16BrN3OS.HI/c16-14-7-10(9-21-14)8-18-15(17)19-12-5-6-20-13-4-2-1-3-11(12)13;/h1-4,7,9,12H,5-6,8H2,(H3,17,18,19);1H. The van der Waals surface area contributed by atoms with E-state index in [1.54, 1.807) is 11.3 Å². The van der Waals surface area contributed by atoms with E-state index in [2.05, 4.69) is 43.8 Å². The van der Waals surface area contributed by atoms with Crippen molar-refractivity contribution in [2.45, 2.75) is 19.0 Å². The summed E-state index contributed by atoms with van der Waals surface area (Å²) in [5.41, 5.74) is 8.30. The predicted octanol–water partition coefficient (Wildman–Crippen LogP) is 4.06. The number of thiophene rings is 1. The van der Waals surface area contributed by atoms with Gasteiger partial charge in [-0.15, -0.1) is 35.3 Å². The molecule has 0 fully saturated rings. The minimum Gasteiger partial charge on any atom is -0.493 e. The Labute approximate surface area is 159 Å². The van der Waals surface area contributed by atoms with Gasteiger partial charge in [-0.2, -0.15) is 0 Å². The van der Waals surface area contributed by atoms with Gasteiger partial charge in [-0.25, -0.2) is 4.99 Å². The molecule has 0 bridgehead atoms.